The van der Waals surface area contributed by atoms with Gasteiger partial charge in [-0.25, -0.2) is 4.39 Å². The van der Waals surface area contributed by atoms with Gasteiger partial charge in [0, 0.05) is 6.07 Å². The number of carbonyl (C=O) groups excluding carboxylic acids is 2. The first-order valence-corrected chi connectivity index (χ1v) is 6.14. The van der Waals surface area contributed by atoms with E-state index in [0.717, 1.165) is 6.07 Å². The molecule has 0 atom stereocenters. The number of nitrogens with one attached hydrogen (secondary N) is 2. The van der Waals surface area contributed by atoms with Crippen LogP contribution in [0.25, 0.3) is 0 Å². The molecule has 0 radical (unpaired) electrons. The number of hydrogen-bond donors (Lipinski definition) is 2. The molecule has 0 unspecified atom stereocenters. The second kappa shape index (κ2) is 6.76. The summed E-state index contributed by atoms with van der Waals surface area (Å²) in [6.07, 6.45) is 1.33. The molecule has 0 saturated carbocycles. The summed E-state index contributed by atoms with van der Waals surface area (Å²) in [5.74, 6) is -1.50. The molecule has 2 rings (SSSR count). The van der Waals surface area contributed by atoms with E-state index in [4.69, 9.17) is 20.8 Å². The first kappa shape index (κ1) is 14.9. The first-order chi connectivity index (χ1) is 10.1. The van der Waals surface area contributed by atoms with Crippen LogP contribution in [0, 0.1) is 5.82 Å². The van der Waals surface area contributed by atoms with Gasteiger partial charge in [-0.05, 0) is 24.3 Å². The van der Waals surface area contributed by atoms with Gasteiger partial charge in [0.2, 0.25) is 0 Å². The lowest BCUT2D eigenvalue weighted by Crippen LogP contribution is -2.43. The van der Waals surface area contributed by atoms with Crippen molar-refractivity contribution in [3.8, 4) is 5.75 Å². The molecule has 0 saturated heterocycles. The quantitative estimate of drug-likeness (QED) is 0.845. The molecule has 2 amide bonds. The van der Waals surface area contributed by atoms with Gasteiger partial charge in [0.15, 0.2) is 12.4 Å². The highest BCUT2D eigenvalue weighted by molar-refractivity contribution is 6.30. The average molecular weight is 313 g/mol. The van der Waals surface area contributed by atoms with Gasteiger partial charge in [-0.15, -0.1) is 0 Å². The number of rotatable bonds is 4. The molecular formula is C13H10ClFN2O4. The molecule has 110 valence electrons. The van der Waals surface area contributed by atoms with E-state index in [0.29, 0.717) is 0 Å². The number of furan rings is 1. The van der Waals surface area contributed by atoms with Crippen LogP contribution < -0.4 is 15.6 Å². The second-order valence-electron chi connectivity index (χ2n) is 3.84. The van der Waals surface area contributed by atoms with Gasteiger partial charge in [0.05, 0.1) is 11.3 Å². The minimum absolute atomic E-state index is 0.0570. The molecule has 2 N–H and O–H groups in total. The second-order valence-corrected chi connectivity index (χ2v) is 4.25. The van der Waals surface area contributed by atoms with Crippen molar-refractivity contribution in [1.82, 2.24) is 10.9 Å². The topological polar surface area (TPSA) is 80.6 Å². The summed E-state index contributed by atoms with van der Waals surface area (Å²) in [5.41, 5.74) is 4.28. The van der Waals surface area contributed by atoms with Crippen LogP contribution >= 0.6 is 11.6 Å². The van der Waals surface area contributed by atoms with Crippen LogP contribution in [0.5, 0.6) is 5.75 Å². The summed E-state index contributed by atoms with van der Waals surface area (Å²) in [6.45, 7) is -0.375. The van der Waals surface area contributed by atoms with Crippen LogP contribution in [-0.4, -0.2) is 18.4 Å². The van der Waals surface area contributed by atoms with Crippen LogP contribution in [0.3, 0.4) is 0 Å². The van der Waals surface area contributed by atoms with Crippen molar-refractivity contribution < 1.29 is 23.1 Å². The van der Waals surface area contributed by atoms with Crippen molar-refractivity contribution in [2.24, 2.45) is 0 Å². The Morgan fingerprint density at radius 1 is 1.29 bits per heavy atom. The van der Waals surface area contributed by atoms with Gasteiger partial charge in [0.1, 0.15) is 11.6 Å². The Labute approximate surface area is 123 Å². The number of amides is 2. The number of hydrazine groups is 1. The Morgan fingerprint density at radius 2 is 2.10 bits per heavy atom. The molecule has 1 aromatic carbocycles. The van der Waals surface area contributed by atoms with Crippen LogP contribution in [0.1, 0.15) is 10.6 Å². The van der Waals surface area contributed by atoms with Gasteiger partial charge < -0.3 is 9.15 Å². The SMILES string of the molecule is O=C(COc1ccc(F)c(Cl)c1)NNC(=O)c1ccco1. The fourth-order valence-electron chi connectivity index (χ4n) is 1.35. The zero-order chi connectivity index (χ0) is 15.2. The van der Waals surface area contributed by atoms with E-state index in [1.807, 2.05) is 0 Å². The number of benzene rings is 1. The third kappa shape index (κ3) is 4.22. The number of halogens is 2. The Morgan fingerprint density at radius 3 is 2.76 bits per heavy atom. The molecular weight excluding hydrogens is 303 g/mol. The molecule has 21 heavy (non-hydrogen) atoms. The maximum Gasteiger partial charge on any atom is 0.305 e. The lowest BCUT2D eigenvalue weighted by atomic mass is 10.3. The molecule has 2 aromatic rings. The normalized spacial score (nSPS) is 10.0. The number of carbonyl (C=O) groups is 2. The highest BCUT2D eigenvalue weighted by Crippen LogP contribution is 2.20. The standard InChI is InChI=1S/C13H10ClFN2O4/c14-9-6-8(3-4-10(9)15)21-7-12(18)16-17-13(19)11-2-1-5-20-11/h1-6H,7H2,(H,16,18)(H,17,19). The van der Waals surface area contributed by atoms with E-state index in [-0.39, 0.29) is 23.1 Å². The maximum atomic E-state index is 12.9. The zero-order valence-electron chi connectivity index (χ0n) is 10.6. The molecule has 0 bridgehead atoms. The van der Waals surface area contributed by atoms with E-state index in [9.17, 15) is 14.0 Å². The summed E-state index contributed by atoms with van der Waals surface area (Å²) < 4.78 is 22.8. The van der Waals surface area contributed by atoms with Crippen LogP contribution in [0.2, 0.25) is 5.02 Å². The Bertz CT molecular complexity index is 646. The molecule has 0 aliphatic heterocycles. The van der Waals surface area contributed by atoms with Gasteiger partial charge in [-0.3, -0.25) is 20.4 Å². The van der Waals surface area contributed by atoms with Crippen LogP contribution in [0.4, 0.5) is 4.39 Å². The highest BCUT2D eigenvalue weighted by Gasteiger charge is 2.10. The molecule has 8 heteroatoms. The van der Waals surface area contributed by atoms with Crippen molar-refractivity contribution in [3.63, 3.8) is 0 Å². The molecule has 0 spiro atoms. The number of ether oxygens (including phenoxy) is 1. The Hall–Kier alpha value is -2.54. The summed E-state index contributed by atoms with van der Waals surface area (Å²) in [7, 11) is 0. The van der Waals surface area contributed by atoms with Crippen LogP contribution in [-0.2, 0) is 4.79 Å². The van der Waals surface area contributed by atoms with Crippen molar-refractivity contribution in [2.75, 3.05) is 6.61 Å². The Kier molecular flexibility index (Phi) is 4.78. The predicted octanol–water partition coefficient (Wildman–Crippen LogP) is 1.91. The lowest BCUT2D eigenvalue weighted by molar-refractivity contribution is -0.123. The van der Waals surface area contributed by atoms with Crippen LogP contribution in [0.15, 0.2) is 41.0 Å². The van der Waals surface area contributed by atoms with Crippen molar-refractivity contribution >= 4 is 23.4 Å². The first-order valence-electron chi connectivity index (χ1n) is 5.77. The fourth-order valence-corrected chi connectivity index (χ4v) is 1.52. The van der Waals surface area contributed by atoms with E-state index in [1.165, 1.54) is 30.5 Å². The number of hydrogen-bond acceptors (Lipinski definition) is 4. The van der Waals surface area contributed by atoms with E-state index in [1.54, 1.807) is 0 Å². The third-order valence-corrected chi connectivity index (χ3v) is 2.61. The average Bonchev–Trinajstić information content (AvgIpc) is 3.00. The fraction of sp³-hybridized carbons (Fsp3) is 0.0769. The van der Waals surface area contributed by atoms with Gasteiger partial charge >= 0.3 is 5.91 Å². The molecule has 1 heterocycles. The van der Waals surface area contributed by atoms with Gasteiger partial charge in [-0.1, -0.05) is 11.6 Å². The van der Waals surface area contributed by atoms with Gasteiger partial charge in [-0.2, -0.15) is 0 Å². The Balaban J connectivity index is 1.77. The molecule has 6 nitrogen and oxygen atoms in total. The minimum Gasteiger partial charge on any atom is -0.484 e. The monoisotopic (exact) mass is 312 g/mol. The summed E-state index contributed by atoms with van der Waals surface area (Å²) in [4.78, 5) is 22.9. The lowest BCUT2D eigenvalue weighted by Gasteiger charge is -2.08. The maximum absolute atomic E-state index is 12.9. The van der Waals surface area contributed by atoms with Crippen molar-refractivity contribution in [2.45, 2.75) is 0 Å². The smallest absolute Gasteiger partial charge is 0.305 e. The predicted molar refractivity (Wildman–Crippen MR) is 71.2 cm³/mol. The molecule has 0 fully saturated rings. The van der Waals surface area contributed by atoms with E-state index in [2.05, 4.69) is 10.9 Å². The largest absolute Gasteiger partial charge is 0.484 e. The summed E-state index contributed by atoms with van der Waals surface area (Å²) >= 11 is 5.57. The molecule has 1 aromatic heterocycles. The zero-order valence-corrected chi connectivity index (χ0v) is 11.3. The third-order valence-electron chi connectivity index (χ3n) is 2.32. The highest BCUT2D eigenvalue weighted by atomic mass is 35.5. The van der Waals surface area contributed by atoms with Gasteiger partial charge in [0.25, 0.3) is 5.91 Å². The molecule has 0 aliphatic carbocycles. The summed E-state index contributed by atoms with van der Waals surface area (Å²) in [5, 5.41) is -0.112. The van der Waals surface area contributed by atoms with E-state index < -0.39 is 17.6 Å². The van der Waals surface area contributed by atoms with E-state index >= 15 is 0 Å². The van der Waals surface area contributed by atoms with Crippen molar-refractivity contribution in [1.29, 1.82) is 0 Å². The minimum atomic E-state index is -0.602. The summed E-state index contributed by atoms with van der Waals surface area (Å²) in [6, 6.07) is 6.67. The van der Waals surface area contributed by atoms with Crippen molar-refractivity contribution in [3.05, 3.63) is 53.2 Å². The molecule has 0 aliphatic rings.